The van der Waals surface area contributed by atoms with E-state index in [1.165, 1.54) is 0 Å². The lowest BCUT2D eigenvalue weighted by molar-refractivity contribution is -0.118. The van der Waals surface area contributed by atoms with Crippen LogP contribution in [0.15, 0.2) is 24.3 Å². The molecule has 1 aromatic carbocycles. The zero-order valence-electron chi connectivity index (χ0n) is 8.91. The Hall–Kier alpha value is -1.18. The quantitative estimate of drug-likeness (QED) is 0.716. The predicted molar refractivity (Wildman–Crippen MR) is 55.6 cm³/mol. The molecule has 0 amide bonds. The highest BCUT2D eigenvalue weighted by atomic mass is 16.7. The van der Waals surface area contributed by atoms with Crippen molar-refractivity contribution in [1.82, 2.24) is 0 Å². The molecule has 0 atom stereocenters. The molecule has 0 N–H and O–H groups in total. The number of hydrogen-bond acceptors (Lipinski definition) is 2. The van der Waals surface area contributed by atoms with Gasteiger partial charge in [0.15, 0.2) is 11.5 Å². The second-order valence-corrected chi connectivity index (χ2v) is 3.97. The molecule has 0 saturated heterocycles. The van der Waals surface area contributed by atoms with Crippen molar-refractivity contribution in [1.29, 1.82) is 0 Å². The van der Waals surface area contributed by atoms with E-state index in [0.29, 0.717) is 5.92 Å². The van der Waals surface area contributed by atoms with Gasteiger partial charge in [-0.15, -0.1) is 0 Å². The first-order chi connectivity index (χ1) is 6.68. The largest absolute Gasteiger partial charge is 0.448 e. The first-order valence-electron chi connectivity index (χ1n) is 5.15. The molecule has 0 unspecified atom stereocenters. The van der Waals surface area contributed by atoms with Gasteiger partial charge in [-0.05, 0) is 12.1 Å². The Kier molecular flexibility index (Phi) is 2.14. The van der Waals surface area contributed by atoms with Crippen LogP contribution in [-0.2, 0) is 0 Å². The second-order valence-electron chi connectivity index (χ2n) is 3.97. The van der Waals surface area contributed by atoms with Crippen LogP contribution in [0.5, 0.6) is 11.5 Å². The minimum Gasteiger partial charge on any atom is -0.448 e. The van der Waals surface area contributed by atoms with Crippen LogP contribution in [0.2, 0.25) is 0 Å². The van der Waals surface area contributed by atoms with Gasteiger partial charge >= 0.3 is 0 Å². The Morgan fingerprint density at radius 2 is 1.64 bits per heavy atom. The average Bonchev–Trinajstić information content (AvgIpc) is 2.57. The molecule has 2 nitrogen and oxygen atoms in total. The summed E-state index contributed by atoms with van der Waals surface area (Å²) < 4.78 is 11.8. The minimum atomic E-state index is -0.455. The van der Waals surface area contributed by atoms with Crippen LogP contribution < -0.4 is 9.47 Å². The maximum absolute atomic E-state index is 5.88. The van der Waals surface area contributed by atoms with Gasteiger partial charge in [0, 0.05) is 12.3 Å². The number of ether oxygens (including phenoxy) is 2. The zero-order chi connectivity index (χ0) is 10.2. The fraction of sp³-hybridized carbons (Fsp3) is 0.500. The van der Waals surface area contributed by atoms with Gasteiger partial charge in [0.2, 0.25) is 0 Å². The molecule has 0 fully saturated rings. The van der Waals surface area contributed by atoms with E-state index < -0.39 is 5.79 Å². The van der Waals surface area contributed by atoms with Crippen molar-refractivity contribution in [3.63, 3.8) is 0 Å². The van der Waals surface area contributed by atoms with Gasteiger partial charge in [0.1, 0.15) is 0 Å². The van der Waals surface area contributed by atoms with Gasteiger partial charge in [0.25, 0.3) is 5.79 Å². The fourth-order valence-electron chi connectivity index (χ4n) is 1.80. The molecular formula is C12H16O2. The van der Waals surface area contributed by atoms with E-state index in [4.69, 9.17) is 9.47 Å². The van der Waals surface area contributed by atoms with E-state index in [1.54, 1.807) is 0 Å². The highest BCUT2D eigenvalue weighted by Crippen LogP contribution is 2.43. The van der Waals surface area contributed by atoms with Crippen molar-refractivity contribution in [2.24, 2.45) is 5.92 Å². The van der Waals surface area contributed by atoms with E-state index in [2.05, 4.69) is 20.8 Å². The molecule has 1 aliphatic rings. The molecule has 14 heavy (non-hydrogen) atoms. The molecule has 1 heterocycles. The molecule has 0 spiro atoms. The summed E-state index contributed by atoms with van der Waals surface area (Å²) in [5.74, 6) is 1.62. The first kappa shape index (κ1) is 9.38. The van der Waals surface area contributed by atoms with E-state index in [0.717, 1.165) is 17.9 Å². The Balaban J connectivity index is 2.32. The van der Waals surface area contributed by atoms with Crippen molar-refractivity contribution in [3.05, 3.63) is 24.3 Å². The maximum Gasteiger partial charge on any atom is 0.253 e. The van der Waals surface area contributed by atoms with Crippen LogP contribution in [0.1, 0.15) is 27.2 Å². The van der Waals surface area contributed by atoms with Crippen LogP contribution >= 0.6 is 0 Å². The number of hydrogen-bond donors (Lipinski definition) is 0. The van der Waals surface area contributed by atoms with Crippen molar-refractivity contribution in [2.75, 3.05) is 0 Å². The fourth-order valence-corrected chi connectivity index (χ4v) is 1.80. The smallest absolute Gasteiger partial charge is 0.253 e. The Labute approximate surface area is 84.8 Å². The Morgan fingerprint density at radius 3 is 2.00 bits per heavy atom. The molecule has 0 radical (unpaired) electrons. The van der Waals surface area contributed by atoms with Gasteiger partial charge in [-0.1, -0.05) is 32.9 Å². The summed E-state index contributed by atoms with van der Waals surface area (Å²) in [5, 5.41) is 0. The van der Waals surface area contributed by atoms with E-state index >= 15 is 0 Å². The average molecular weight is 192 g/mol. The molecular weight excluding hydrogens is 176 g/mol. The molecule has 0 bridgehead atoms. The molecule has 76 valence electrons. The number of para-hydroxylation sites is 2. The van der Waals surface area contributed by atoms with Gasteiger partial charge in [-0.25, -0.2) is 0 Å². The summed E-state index contributed by atoms with van der Waals surface area (Å²) >= 11 is 0. The summed E-state index contributed by atoms with van der Waals surface area (Å²) in [4.78, 5) is 0. The topological polar surface area (TPSA) is 18.5 Å². The number of fused-ring (bicyclic) bond motifs is 1. The zero-order valence-corrected chi connectivity index (χ0v) is 8.91. The van der Waals surface area contributed by atoms with E-state index in [1.807, 2.05) is 24.3 Å². The van der Waals surface area contributed by atoms with Gasteiger partial charge in [-0.2, -0.15) is 0 Å². The summed E-state index contributed by atoms with van der Waals surface area (Å²) in [6, 6.07) is 7.84. The monoisotopic (exact) mass is 192 g/mol. The summed E-state index contributed by atoms with van der Waals surface area (Å²) in [5.41, 5.74) is 0. The third-order valence-corrected chi connectivity index (χ3v) is 2.79. The normalized spacial score (nSPS) is 17.4. The maximum atomic E-state index is 5.88. The number of benzene rings is 1. The second kappa shape index (κ2) is 3.19. The van der Waals surface area contributed by atoms with Crippen molar-refractivity contribution in [3.8, 4) is 11.5 Å². The van der Waals surface area contributed by atoms with Crippen LogP contribution in [0, 0.1) is 5.92 Å². The Morgan fingerprint density at radius 1 is 1.14 bits per heavy atom. The molecule has 2 rings (SSSR count). The molecule has 1 aromatic rings. The highest BCUT2D eigenvalue weighted by molar-refractivity contribution is 5.42. The predicted octanol–water partition coefficient (Wildman–Crippen LogP) is 3.22. The Bertz CT molecular complexity index is 306. The van der Waals surface area contributed by atoms with Crippen LogP contribution in [-0.4, -0.2) is 5.79 Å². The molecule has 0 aliphatic carbocycles. The van der Waals surface area contributed by atoms with Crippen LogP contribution in [0.25, 0.3) is 0 Å². The van der Waals surface area contributed by atoms with Gasteiger partial charge < -0.3 is 9.47 Å². The highest BCUT2D eigenvalue weighted by Gasteiger charge is 2.42. The lowest BCUT2D eigenvalue weighted by atomic mass is 10.0. The third kappa shape index (κ3) is 1.26. The van der Waals surface area contributed by atoms with Gasteiger partial charge in [-0.3, -0.25) is 0 Å². The first-order valence-corrected chi connectivity index (χ1v) is 5.15. The molecule has 2 heteroatoms. The van der Waals surface area contributed by atoms with Crippen LogP contribution in [0.4, 0.5) is 0 Å². The SMILES string of the molecule is CCC1(C(C)C)Oc2ccccc2O1. The molecule has 0 saturated carbocycles. The summed E-state index contributed by atoms with van der Waals surface area (Å²) in [7, 11) is 0. The lowest BCUT2D eigenvalue weighted by Gasteiger charge is -2.30. The minimum absolute atomic E-state index is 0.347. The van der Waals surface area contributed by atoms with Crippen molar-refractivity contribution in [2.45, 2.75) is 33.0 Å². The van der Waals surface area contributed by atoms with Crippen molar-refractivity contribution >= 4 is 0 Å². The summed E-state index contributed by atoms with van der Waals surface area (Å²) in [6.07, 6.45) is 0.860. The summed E-state index contributed by atoms with van der Waals surface area (Å²) in [6.45, 7) is 6.33. The van der Waals surface area contributed by atoms with Crippen LogP contribution in [0.3, 0.4) is 0 Å². The molecule has 0 aromatic heterocycles. The number of rotatable bonds is 2. The lowest BCUT2D eigenvalue weighted by Crippen LogP contribution is -2.43. The van der Waals surface area contributed by atoms with Crippen molar-refractivity contribution < 1.29 is 9.47 Å². The van der Waals surface area contributed by atoms with E-state index in [9.17, 15) is 0 Å². The van der Waals surface area contributed by atoms with E-state index in [-0.39, 0.29) is 0 Å². The molecule has 1 aliphatic heterocycles. The van der Waals surface area contributed by atoms with Gasteiger partial charge in [0.05, 0.1) is 0 Å². The standard InChI is InChI=1S/C12H16O2/c1-4-12(9(2)3)13-10-7-5-6-8-11(10)14-12/h5-9H,4H2,1-3H3. The third-order valence-electron chi connectivity index (χ3n) is 2.79.